The minimum absolute atomic E-state index is 0.00447. The van der Waals surface area contributed by atoms with Crippen molar-refractivity contribution in [2.75, 3.05) is 46.5 Å². The minimum atomic E-state index is -0.304. The van der Waals surface area contributed by atoms with Crippen molar-refractivity contribution in [1.82, 2.24) is 9.80 Å². The van der Waals surface area contributed by atoms with E-state index in [9.17, 15) is 15.0 Å². The van der Waals surface area contributed by atoms with Crippen LogP contribution in [0.2, 0.25) is 0 Å². The van der Waals surface area contributed by atoms with Gasteiger partial charge in [0.15, 0.2) is 0 Å². The van der Waals surface area contributed by atoms with Crippen LogP contribution >= 0.6 is 0 Å². The van der Waals surface area contributed by atoms with E-state index in [0.717, 1.165) is 50.6 Å². The summed E-state index contributed by atoms with van der Waals surface area (Å²) in [5.41, 5.74) is 1.76. The molecule has 1 saturated heterocycles. The molecule has 1 heterocycles. The highest BCUT2D eigenvalue weighted by atomic mass is 16.5. The number of hydrogen-bond acceptors (Lipinski definition) is 6. The summed E-state index contributed by atoms with van der Waals surface area (Å²) in [6, 6.07) is 10.5. The highest BCUT2D eigenvalue weighted by molar-refractivity contribution is 5.97. The van der Waals surface area contributed by atoms with Crippen LogP contribution in [-0.4, -0.2) is 72.4 Å². The SMILES string of the molecule is CC(C)c1cc(C(=O)N(C)Cc2cccc(OCCCN3CCOCC3)c2)c(O)cc1O. The fourth-order valence-electron chi connectivity index (χ4n) is 3.82. The molecule has 0 aliphatic carbocycles. The van der Waals surface area contributed by atoms with Crippen LogP contribution in [0.5, 0.6) is 17.2 Å². The van der Waals surface area contributed by atoms with Crippen molar-refractivity contribution in [3.8, 4) is 17.2 Å². The first kappa shape index (κ1) is 23.9. The Hall–Kier alpha value is -2.77. The molecule has 2 N–H and O–H groups in total. The molecule has 2 aromatic rings. The number of amides is 1. The first-order valence-corrected chi connectivity index (χ1v) is 11.2. The lowest BCUT2D eigenvalue weighted by molar-refractivity contribution is 0.0358. The van der Waals surface area contributed by atoms with Crippen LogP contribution in [0.4, 0.5) is 0 Å². The molecule has 7 nitrogen and oxygen atoms in total. The molecule has 0 unspecified atom stereocenters. The van der Waals surface area contributed by atoms with Gasteiger partial charge in [-0.25, -0.2) is 0 Å². The van der Waals surface area contributed by atoms with Crippen molar-refractivity contribution in [2.45, 2.75) is 32.7 Å². The topological polar surface area (TPSA) is 82.5 Å². The van der Waals surface area contributed by atoms with Gasteiger partial charge in [-0.05, 0) is 41.7 Å². The third-order valence-electron chi connectivity index (χ3n) is 5.65. The summed E-state index contributed by atoms with van der Waals surface area (Å²) in [6.45, 7) is 9.42. The van der Waals surface area contributed by atoms with Gasteiger partial charge in [0.05, 0.1) is 25.4 Å². The molecule has 2 aromatic carbocycles. The summed E-state index contributed by atoms with van der Waals surface area (Å²) in [5, 5.41) is 20.2. The number of hydrogen-bond donors (Lipinski definition) is 2. The molecule has 0 saturated carbocycles. The Labute approximate surface area is 190 Å². The molecule has 0 spiro atoms. The summed E-state index contributed by atoms with van der Waals surface area (Å²) >= 11 is 0. The van der Waals surface area contributed by atoms with Crippen molar-refractivity contribution in [1.29, 1.82) is 0 Å². The molecule has 1 aliphatic heterocycles. The third-order valence-corrected chi connectivity index (χ3v) is 5.65. The van der Waals surface area contributed by atoms with Gasteiger partial charge in [0.25, 0.3) is 5.91 Å². The minimum Gasteiger partial charge on any atom is -0.508 e. The van der Waals surface area contributed by atoms with Gasteiger partial charge in [-0.15, -0.1) is 0 Å². The normalized spacial score (nSPS) is 14.5. The summed E-state index contributed by atoms with van der Waals surface area (Å²) in [7, 11) is 1.69. The number of carbonyl (C=O) groups is 1. The second kappa shape index (κ2) is 11.2. The lowest BCUT2D eigenvalue weighted by Crippen LogP contribution is -2.37. The van der Waals surface area contributed by atoms with Gasteiger partial charge in [0.2, 0.25) is 0 Å². The Morgan fingerprint density at radius 2 is 1.91 bits per heavy atom. The zero-order valence-corrected chi connectivity index (χ0v) is 19.2. The zero-order chi connectivity index (χ0) is 23.1. The van der Waals surface area contributed by atoms with E-state index >= 15 is 0 Å². The maximum atomic E-state index is 12.9. The molecule has 1 amide bonds. The van der Waals surface area contributed by atoms with Crippen LogP contribution in [0.3, 0.4) is 0 Å². The van der Waals surface area contributed by atoms with Crippen LogP contribution in [0, 0.1) is 0 Å². The Balaban J connectivity index is 1.56. The molecule has 174 valence electrons. The average Bonchev–Trinajstić information content (AvgIpc) is 2.77. The average molecular weight is 443 g/mol. The summed E-state index contributed by atoms with van der Waals surface area (Å²) in [5.74, 6) is 0.280. The third kappa shape index (κ3) is 6.37. The summed E-state index contributed by atoms with van der Waals surface area (Å²) < 4.78 is 11.3. The lowest BCUT2D eigenvalue weighted by Gasteiger charge is -2.26. The van der Waals surface area contributed by atoms with Crippen molar-refractivity contribution in [2.24, 2.45) is 0 Å². The monoisotopic (exact) mass is 442 g/mol. The fourth-order valence-corrected chi connectivity index (χ4v) is 3.82. The molecule has 0 radical (unpaired) electrons. The predicted octanol–water partition coefficient (Wildman–Crippen LogP) is 3.59. The number of benzene rings is 2. The quantitative estimate of drug-likeness (QED) is 0.578. The van der Waals surface area contributed by atoms with Gasteiger partial charge in [0, 0.05) is 39.3 Å². The molecular weight excluding hydrogens is 408 g/mol. The molecule has 0 atom stereocenters. The number of carbonyl (C=O) groups excluding carboxylic acids is 1. The molecule has 3 rings (SSSR count). The number of rotatable bonds is 9. The predicted molar refractivity (Wildman–Crippen MR) is 123 cm³/mol. The highest BCUT2D eigenvalue weighted by Crippen LogP contribution is 2.33. The maximum Gasteiger partial charge on any atom is 0.257 e. The van der Waals surface area contributed by atoms with Gasteiger partial charge >= 0.3 is 0 Å². The fraction of sp³-hybridized carbons (Fsp3) is 0.480. The van der Waals surface area contributed by atoms with E-state index in [4.69, 9.17) is 9.47 Å². The number of morpholine rings is 1. The molecule has 1 aliphatic rings. The number of ether oxygens (including phenoxy) is 2. The standard InChI is InChI=1S/C25H34N2O5/c1-18(2)21-15-22(24(29)16-23(21)28)25(30)26(3)17-19-6-4-7-20(14-19)32-11-5-8-27-9-12-31-13-10-27/h4,6-7,14-16,18,28-29H,5,8-13,17H2,1-3H3. The van der Waals surface area contributed by atoms with E-state index in [1.165, 1.54) is 6.07 Å². The molecule has 0 bridgehead atoms. The molecular formula is C25H34N2O5. The zero-order valence-electron chi connectivity index (χ0n) is 19.2. The highest BCUT2D eigenvalue weighted by Gasteiger charge is 2.20. The second-order valence-electron chi connectivity index (χ2n) is 8.55. The number of phenolic OH excluding ortho intramolecular Hbond substituents is 2. The Bertz CT molecular complexity index is 909. The van der Waals surface area contributed by atoms with Gasteiger partial charge in [0.1, 0.15) is 17.2 Å². The Morgan fingerprint density at radius 3 is 2.62 bits per heavy atom. The first-order valence-electron chi connectivity index (χ1n) is 11.2. The van der Waals surface area contributed by atoms with E-state index in [-0.39, 0.29) is 28.9 Å². The molecule has 0 aromatic heterocycles. The number of phenols is 2. The van der Waals surface area contributed by atoms with E-state index < -0.39 is 0 Å². The van der Waals surface area contributed by atoms with Gasteiger partial charge in [-0.1, -0.05) is 26.0 Å². The number of aromatic hydroxyl groups is 2. The first-order chi connectivity index (χ1) is 15.3. The molecule has 1 fully saturated rings. The van der Waals surface area contributed by atoms with E-state index in [1.807, 2.05) is 38.1 Å². The van der Waals surface area contributed by atoms with Crippen LogP contribution in [0.15, 0.2) is 36.4 Å². The lowest BCUT2D eigenvalue weighted by atomic mass is 9.98. The van der Waals surface area contributed by atoms with Gasteiger partial charge < -0.3 is 24.6 Å². The van der Waals surface area contributed by atoms with Gasteiger partial charge in [-0.2, -0.15) is 0 Å². The van der Waals surface area contributed by atoms with Crippen LogP contribution in [-0.2, 0) is 11.3 Å². The second-order valence-corrected chi connectivity index (χ2v) is 8.55. The molecule has 32 heavy (non-hydrogen) atoms. The van der Waals surface area contributed by atoms with E-state index in [0.29, 0.717) is 18.7 Å². The number of nitrogens with zero attached hydrogens (tertiary/aromatic N) is 2. The van der Waals surface area contributed by atoms with Crippen LogP contribution in [0.1, 0.15) is 47.7 Å². The van der Waals surface area contributed by atoms with Crippen molar-refractivity contribution in [3.05, 3.63) is 53.1 Å². The Morgan fingerprint density at radius 1 is 1.16 bits per heavy atom. The van der Waals surface area contributed by atoms with Crippen molar-refractivity contribution < 1.29 is 24.5 Å². The molecule has 7 heteroatoms. The van der Waals surface area contributed by atoms with Crippen LogP contribution in [0.25, 0.3) is 0 Å². The van der Waals surface area contributed by atoms with Crippen LogP contribution < -0.4 is 4.74 Å². The van der Waals surface area contributed by atoms with E-state index in [1.54, 1.807) is 18.0 Å². The summed E-state index contributed by atoms with van der Waals surface area (Å²) in [4.78, 5) is 16.9. The largest absolute Gasteiger partial charge is 0.508 e. The smallest absolute Gasteiger partial charge is 0.257 e. The van der Waals surface area contributed by atoms with E-state index in [2.05, 4.69) is 4.90 Å². The van der Waals surface area contributed by atoms with Crippen molar-refractivity contribution in [3.63, 3.8) is 0 Å². The summed E-state index contributed by atoms with van der Waals surface area (Å²) in [6.07, 6.45) is 0.945. The Kier molecular flexibility index (Phi) is 8.36. The maximum absolute atomic E-state index is 12.9. The van der Waals surface area contributed by atoms with Crippen molar-refractivity contribution >= 4 is 5.91 Å². The van der Waals surface area contributed by atoms with Gasteiger partial charge in [-0.3, -0.25) is 9.69 Å².